The van der Waals surface area contributed by atoms with Crippen LogP contribution in [0.15, 0.2) is 47.4 Å². The third-order valence-electron chi connectivity index (χ3n) is 3.86. The third kappa shape index (κ3) is 6.03. The average molecular weight is 429 g/mol. The number of halogens is 3. The number of hydrogen-bond acceptors (Lipinski definition) is 4. The van der Waals surface area contributed by atoms with Crippen LogP contribution in [-0.4, -0.2) is 33.8 Å². The molecule has 0 radical (unpaired) electrons. The average Bonchev–Trinajstić information content (AvgIpc) is 2.68. The lowest BCUT2D eigenvalue weighted by atomic mass is 10.1. The maximum absolute atomic E-state index is 13.4. The van der Waals surface area contributed by atoms with Gasteiger partial charge < -0.3 is 10.6 Å². The fourth-order valence-corrected chi connectivity index (χ4v) is 3.40. The van der Waals surface area contributed by atoms with Gasteiger partial charge in [0.1, 0.15) is 11.9 Å². The van der Waals surface area contributed by atoms with Crippen LogP contribution in [0.25, 0.3) is 0 Å². The summed E-state index contributed by atoms with van der Waals surface area (Å²) in [6.45, 7) is -0.302. The summed E-state index contributed by atoms with van der Waals surface area (Å²) in [5.41, 5.74) is 0.0171. The second kappa shape index (κ2) is 9.52. The number of carbonyl (C=O) groups is 2. The normalized spacial score (nSPS) is 12.3. The highest BCUT2D eigenvalue weighted by molar-refractivity contribution is 7.89. The van der Waals surface area contributed by atoms with Crippen LogP contribution >= 0.6 is 0 Å². The van der Waals surface area contributed by atoms with E-state index in [0.717, 1.165) is 42.5 Å². The molecule has 0 bridgehead atoms. The van der Waals surface area contributed by atoms with Crippen molar-refractivity contribution in [2.75, 3.05) is 13.6 Å². The Balaban J connectivity index is 2.00. The zero-order chi connectivity index (χ0) is 21.6. The first-order chi connectivity index (χ1) is 13.6. The van der Waals surface area contributed by atoms with E-state index in [2.05, 4.69) is 15.4 Å². The summed E-state index contributed by atoms with van der Waals surface area (Å²) in [5.74, 6) is -4.26. The first-order valence-corrected chi connectivity index (χ1v) is 9.83. The number of hydrogen-bond donors (Lipinski definition) is 3. The zero-order valence-electron chi connectivity index (χ0n) is 15.2. The Labute approximate surface area is 165 Å². The molecule has 0 heterocycles. The maximum Gasteiger partial charge on any atom is 0.246 e. The first kappa shape index (κ1) is 22.4. The van der Waals surface area contributed by atoms with E-state index < -0.39 is 45.3 Å². The number of rotatable bonds is 8. The lowest BCUT2D eigenvalue weighted by Crippen LogP contribution is -2.40. The third-order valence-corrected chi connectivity index (χ3v) is 5.34. The van der Waals surface area contributed by atoms with Gasteiger partial charge in [0.2, 0.25) is 21.8 Å². The molecule has 2 rings (SSSR count). The van der Waals surface area contributed by atoms with Crippen LogP contribution < -0.4 is 15.4 Å². The smallest absolute Gasteiger partial charge is 0.246 e. The van der Waals surface area contributed by atoms with Crippen molar-refractivity contribution in [2.24, 2.45) is 0 Å². The van der Waals surface area contributed by atoms with Crippen LogP contribution in [-0.2, 0) is 19.6 Å². The van der Waals surface area contributed by atoms with Crippen LogP contribution in [0.1, 0.15) is 18.0 Å². The highest BCUT2D eigenvalue weighted by Crippen LogP contribution is 2.17. The van der Waals surface area contributed by atoms with Crippen molar-refractivity contribution in [1.29, 1.82) is 0 Å². The van der Waals surface area contributed by atoms with Crippen LogP contribution in [0.4, 0.5) is 13.2 Å². The van der Waals surface area contributed by atoms with Gasteiger partial charge in [0, 0.05) is 20.0 Å². The summed E-state index contributed by atoms with van der Waals surface area (Å²) >= 11 is 0. The molecule has 0 saturated heterocycles. The predicted octanol–water partition coefficient (Wildman–Crippen LogP) is 1.38. The molecule has 0 saturated carbocycles. The topological polar surface area (TPSA) is 104 Å². The van der Waals surface area contributed by atoms with Gasteiger partial charge in [-0.15, -0.1) is 0 Å². The van der Waals surface area contributed by atoms with Crippen molar-refractivity contribution >= 4 is 21.8 Å². The molecule has 2 aromatic rings. The van der Waals surface area contributed by atoms with Crippen LogP contribution in [0.5, 0.6) is 0 Å². The molecule has 0 fully saturated rings. The van der Waals surface area contributed by atoms with Crippen molar-refractivity contribution in [3.05, 3.63) is 65.5 Å². The highest BCUT2D eigenvalue weighted by Gasteiger charge is 2.23. The molecule has 7 nitrogen and oxygen atoms in total. The number of carbonyl (C=O) groups excluding carboxylic acids is 2. The molecule has 156 valence electrons. The Bertz CT molecular complexity index is 998. The van der Waals surface area contributed by atoms with Gasteiger partial charge in [-0.2, -0.15) is 0 Å². The minimum absolute atomic E-state index is 0.0171. The number of likely N-dealkylation sites (N-methyl/N-ethyl adjacent to an activating group) is 1. The van der Waals surface area contributed by atoms with Crippen molar-refractivity contribution in [3.63, 3.8) is 0 Å². The Kier molecular flexibility index (Phi) is 7.35. The van der Waals surface area contributed by atoms with Gasteiger partial charge in [-0.3, -0.25) is 9.59 Å². The number of amides is 2. The van der Waals surface area contributed by atoms with Crippen molar-refractivity contribution in [3.8, 4) is 0 Å². The van der Waals surface area contributed by atoms with E-state index in [0.29, 0.717) is 0 Å². The van der Waals surface area contributed by atoms with Gasteiger partial charge in [-0.1, -0.05) is 6.07 Å². The summed E-state index contributed by atoms with van der Waals surface area (Å²) in [6, 6.07) is 5.57. The van der Waals surface area contributed by atoms with Gasteiger partial charge >= 0.3 is 0 Å². The number of nitrogens with one attached hydrogen (secondary N) is 3. The van der Waals surface area contributed by atoms with Crippen molar-refractivity contribution < 1.29 is 31.2 Å². The van der Waals surface area contributed by atoms with Crippen LogP contribution in [0.3, 0.4) is 0 Å². The molecular weight excluding hydrogens is 411 g/mol. The highest BCUT2D eigenvalue weighted by atomic mass is 32.2. The van der Waals surface area contributed by atoms with Gasteiger partial charge in [0.25, 0.3) is 0 Å². The summed E-state index contributed by atoms with van der Waals surface area (Å²) in [5, 5.41) is 4.64. The fourth-order valence-electron chi connectivity index (χ4n) is 2.37. The van der Waals surface area contributed by atoms with Gasteiger partial charge in [-0.05, 0) is 42.0 Å². The molecule has 3 N–H and O–H groups in total. The molecule has 1 unspecified atom stereocenters. The van der Waals surface area contributed by atoms with Crippen LogP contribution in [0.2, 0.25) is 0 Å². The van der Waals surface area contributed by atoms with Gasteiger partial charge in [-0.25, -0.2) is 26.3 Å². The second-order valence-corrected chi connectivity index (χ2v) is 7.66. The maximum atomic E-state index is 13.4. The molecule has 0 aliphatic rings. The van der Waals surface area contributed by atoms with E-state index in [1.807, 2.05) is 0 Å². The second-order valence-electron chi connectivity index (χ2n) is 5.89. The summed E-state index contributed by atoms with van der Waals surface area (Å²) in [6.07, 6.45) is -0.336. The molecule has 0 spiro atoms. The zero-order valence-corrected chi connectivity index (χ0v) is 16.0. The molecule has 11 heteroatoms. The van der Waals surface area contributed by atoms with E-state index in [4.69, 9.17) is 0 Å². The fraction of sp³-hybridized carbons (Fsp3) is 0.222. The summed E-state index contributed by atoms with van der Waals surface area (Å²) in [4.78, 5) is 24.0. The van der Waals surface area contributed by atoms with E-state index in [-0.39, 0.29) is 23.4 Å². The van der Waals surface area contributed by atoms with Gasteiger partial charge in [0.15, 0.2) is 11.6 Å². The lowest BCUT2D eigenvalue weighted by molar-refractivity contribution is -0.128. The molecule has 29 heavy (non-hydrogen) atoms. The molecule has 0 aromatic heterocycles. The summed E-state index contributed by atoms with van der Waals surface area (Å²) < 4.78 is 65.8. The number of benzene rings is 2. The van der Waals surface area contributed by atoms with E-state index in [1.165, 1.54) is 7.05 Å². The Morgan fingerprint density at radius 1 is 1.00 bits per heavy atom. The minimum atomic E-state index is -3.95. The Hall–Kier alpha value is -2.92. The van der Waals surface area contributed by atoms with Crippen LogP contribution in [0, 0.1) is 17.5 Å². The minimum Gasteiger partial charge on any atom is -0.357 e. The summed E-state index contributed by atoms with van der Waals surface area (Å²) in [7, 11) is -2.65. The first-order valence-electron chi connectivity index (χ1n) is 8.35. The number of sulfonamides is 1. The quantitative estimate of drug-likeness (QED) is 0.590. The largest absolute Gasteiger partial charge is 0.357 e. The van der Waals surface area contributed by atoms with Gasteiger partial charge in [0.05, 0.1) is 4.90 Å². The molecule has 0 aliphatic carbocycles. The van der Waals surface area contributed by atoms with E-state index >= 15 is 0 Å². The van der Waals surface area contributed by atoms with E-state index in [9.17, 15) is 31.2 Å². The lowest BCUT2D eigenvalue weighted by Gasteiger charge is -2.18. The SMILES string of the molecule is CNC(=O)C(NC(=O)CCNS(=O)(=O)c1ccc(F)cc1)c1ccc(F)c(F)c1. The van der Waals surface area contributed by atoms with E-state index in [1.54, 1.807) is 0 Å². The standard InChI is InChI=1S/C18H18F3N3O4S/c1-22-18(26)17(11-2-7-14(20)15(21)10-11)24-16(25)8-9-23-29(27,28)13-5-3-12(19)4-6-13/h2-7,10,17,23H,8-9H2,1H3,(H,22,26)(H,24,25). The van der Waals surface area contributed by atoms with Crippen molar-refractivity contribution in [1.82, 2.24) is 15.4 Å². The molecule has 1 atom stereocenters. The molecule has 2 aromatic carbocycles. The monoisotopic (exact) mass is 429 g/mol. The molecular formula is C18H18F3N3O4S. The molecule has 2 amide bonds. The molecule has 0 aliphatic heterocycles. The Morgan fingerprint density at radius 3 is 2.24 bits per heavy atom. The predicted molar refractivity (Wildman–Crippen MR) is 97.5 cm³/mol. The Morgan fingerprint density at radius 2 is 1.66 bits per heavy atom. The van der Waals surface area contributed by atoms with Crippen molar-refractivity contribution in [2.45, 2.75) is 17.4 Å².